The number of hydrogen-bond donors (Lipinski definition) is 0. The molecule has 0 unspecified atom stereocenters. The van der Waals surface area contributed by atoms with Crippen molar-refractivity contribution in [1.29, 1.82) is 0 Å². The minimum atomic E-state index is -3.49. The second-order valence-corrected chi connectivity index (χ2v) is 7.07. The highest BCUT2D eigenvalue weighted by Crippen LogP contribution is 2.30. The summed E-state index contributed by atoms with van der Waals surface area (Å²) in [5.74, 6) is -0.0110. The first kappa shape index (κ1) is 17.2. The van der Waals surface area contributed by atoms with E-state index < -0.39 is 15.8 Å². The first-order valence-electron chi connectivity index (χ1n) is 7.31. The van der Waals surface area contributed by atoms with Crippen LogP contribution in [0.2, 0.25) is 0 Å². The molecule has 0 spiro atoms. The Kier molecular flexibility index (Phi) is 5.44. The maximum atomic E-state index is 12.6. The SMILES string of the molecule is CCOc1ccc(S(=O)(=O)N2CCC(OC)(OC)CC2)cc1. The smallest absolute Gasteiger partial charge is 0.243 e. The molecule has 6 nitrogen and oxygen atoms in total. The number of sulfonamides is 1. The van der Waals surface area contributed by atoms with Gasteiger partial charge in [-0.25, -0.2) is 8.42 Å². The van der Waals surface area contributed by atoms with Crippen molar-refractivity contribution in [1.82, 2.24) is 4.31 Å². The summed E-state index contributed by atoms with van der Waals surface area (Å²) in [5, 5.41) is 0. The third-order valence-electron chi connectivity index (χ3n) is 4.00. The number of piperidine rings is 1. The average molecular weight is 329 g/mol. The summed E-state index contributed by atoms with van der Waals surface area (Å²) in [5.41, 5.74) is 0. The van der Waals surface area contributed by atoms with Gasteiger partial charge in [0.1, 0.15) is 5.75 Å². The first-order chi connectivity index (χ1) is 10.5. The lowest BCUT2D eigenvalue weighted by atomic mass is 10.1. The van der Waals surface area contributed by atoms with E-state index in [2.05, 4.69) is 0 Å². The van der Waals surface area contributed by atoms with Crippen molar-refractivity contribution in [2.24, 2.45) is 0 Å². The third-order valence-corrected chi connectivity index (χ3v) is 5.91. The van der Waals surface area contributed by atoms with Crippen molar-refractivity contribution in [3.63, 3.8) is 0 Å². The maximum absolute atomic E-state index is 12.6. The van der Waals surface area contributed by atoms with Crippen molar-refractivity contribution < 1.29 is 22.6 Å². The minimum Gasteiger partial charge on any atom is -0.494 e. The molecule has 0 saturated carbocycles. The fourth-order valence-electron chi connectivity index (χ4n) is 2.58. The zero-order valence-corrected chi connectivity index (χ0v) is 14.1. The van der Waals surface area contributed by atoms with Gasteiger partial charge in [0.05, 0.1) is 11.5 Å². The molecule has 1 aromatic carbocycles. The fraction of sp³-hybridized carbons (Fsp3) is 0.600. The Hall–Kier alpha value is -1.15. The van der Waals surface area contributed by atoms with Crippen LogP contribution in [-0.4, -0.2) is 52.4 Å². The summed E-state index contributed by atoms with van der Waals surface area (Å²) < 4.78 is 42.9. The van der Waals surface area contributed by atoms with Crippen molar-refractivity contribution >= 4 is 10.0 Å². The molecule has 0 amide bonds. The van der Waals surface area contributed by atoms with E-state index in [9.17, 15) is 8.42 Å². The van der Waals surface area contributed by atoms with Crippen LogP contribution in [0.25, 0.3) is 0 Å². The van der Waals surface area contributed by atoms with Gasteiger partial charge < -0.3 is 14.2 Å². The van der Waals surface area contributed by atoms with Crippen LogP contribution in [-0.2, 0) is 19.5 Å². The zero-order valence-electron chi connectivity index (χ0n) is 13.2. The highest BCUT2D eigenvalue weighted by molar-refractivity contribution is 7.89. The Labute approximate surface area is 132 Å². The lowest BCUT2D eigenvalue weighted by Gasteiger charge is -2.38. The Morgan fingerprint density at radius 2 is 1.64 bits per heavy atom. The highest BCUT2D eigenvalue weighted by atomic mass is 32.2. The molecule has 22 heavy (non-hydrogen) atoms. The molecular formula is C15H23NO5S. The number of ether oxygens (including phenoxy) is 3. The van der Waals surface area contributed by atoms with Gasteiger partial charge in [-0.2, -0.15) is 4.31 Å². The summed E-state index contributed by atoms with van der Waals surface area (Å²) in [7, 11) is -0.327. The number of rotatable bonds is 6. The van der Waals surface area contributed by atoms with Crippen LogP contribution in [0.1, 0.15) is 19.8 Å². The van der Waals surface area contributed by atoms with Crippen LogP contribution in [0.3, 0.4) is 0 Å². The van der Waals surface area contributed by atoms with Crippen molar-refractivity contribution in [2.75, 3.05) is 33.9 Å². The zero-order chi connectivity index (χ0) is 16.2. The van der Waals surface area contributed by atoms with Crippen molar-refractivity contribution in [3.05, 3.63) is 24.3 Å². The molecule has 1 aliphatic heterocycles. The third kappa shape index (κ3) is 3.43. The van der Waals surface area contributed by atoms with E-state index >= 15 is 0 Å². The van der Waals surface area contributed by atoms with Crippen LogP contribution in [0.15, 0.2) is 29.2 Å². The summed E-state index contributed by atoms with van der Waals surface area (Å²) in [6.45, 7) is 3.18. The molecule has 1 heterocycles. The number of nitrogens with zero attached hydrogens (tertiary/aromatic N) is 1. The topological polar surface area (TPSA) is 65.1 Å². The van der Waals surface area contributed by atoms with Crippen molar-refractivity contribution in [3.8, 4) is 5.75 Å². The van der Waals surface area contributed by atoms with Crippen molar-refractivity contribution in [2.45, 2.75) is 30.4 Å². The molecule has 0 aliphatic carbocycles. The highest BCUT2D eigenvalue weighted by Gasteiger charge is 2.38. The molecule has 2 rings (SSSR count). The van der Waals surface area contributed by atoms with E-state index in [1.54, 1.807) is 38.5 Å². The molecule has 1 aromatic rings. The van der Waals surface area contributed by atoms with Gasteiger partial charge in [0, 0.05) is 40.2 Å². The van der Waals surface area contributed by atoms with E-state index in [1.165, 1.54) is 4.31 Å². The van der Waals surface area contributed by atoms with Crippen LogP contribution in [0, 0.1) is 0 Å². The molecule has 7 heteroatoms. The summed E-state index contributed by atoms with van der Waals surface area (Å²) in [6.07, 6.45) is 1.02. The summed E-state index contributed by atoms with van der Waals surface area (Å²) in [6, 6.07) is 6.51. The van der Waals surface area contributed by atoms with E-state index in [4.69, 9.17) is 14.2 Å². The molecule has 0 atom stereocenters. The number of methoxy groups -OCH3 is 2. The van der Waals surface area contributed by atoms with Gasteiger partial charge in [0.25, 0.3) is 0 Å². The number of benzene rings is 1. The van der Waals surface area contributed by atoms with Gasteiger partial charge in [0.15, 0.2) is 5.79 Å². The van der Waals surface area contributed by atoms with Gasteiger partial charge in [-0.05, 0) is 31.2 Å². The second-order valence-electron chi connectivity index (χ2n) is 5.13. The minimum absolute atomic E-state index is 0.276. The number of hydrogen-bond acceptors (Lipinski definition) is 5. The molecule has 0 aromatic heterocycles. The van der Waals surface area contributed by atoms with Gasteiger partial charge in [-0.15, -0.1) is 0 Å². The predicted molar refractivity (Wildman–Crippen MR) is 82.4 cm³/mol. The lowest BCUT2D eigenvalue weighted by molar-refractivity contribution is -0.224. The Bertz CT molecular complexity index is 570. The van der Waals surface area contributed by atoms with E-state index in [0.29, 0.717) is 38.3 Å². The summed E-state index contributed by atoms with van der Waals surface area (Å²) in [4.78, 5) is 0.276. The van der Waals surface area contributed by atoms with Crippen LogP contribution >= 0.6 is 0 Å². The first-order valence-corrected chi connectivity index (χ1v) is 8.75. The van der Waals surface area contributed by atoms with E-state index in [1.807, 2.05) is 6.92 Å². The Morgan fingerprint density at radius 1 is 1.09 bits per heavy atom. The molecular weight excluding hydrogens is 306 g/mol. The standard InChI is InChI=1S/C15H23NO5S/c1-4-21-13-5-7-14(8-6-13)22(17,18)16-11-9-15(19-2,20-3)10-12-16/h5-8H,4,9-12H2,1-3H3. The molecule has 124 valence electrons. The van der Waals surface area contributed by atoms with Gasteiger partial charge in [-0.3, -0.25) is 0 Å². The Balaban J connectivity index is 2.11. The second kappa shape index (κ2) is 6.95. The fourth-order valence-corrected chi connectivity index (χ4v) is 4.02. The lowest BCUT2D eigenvalue weighted by Crippen LogP contribution is -2.48. The van der Waals surface area contributed by atoms with E-state index in [-0.39, 0.29) is 4.90 Å². The molecule has 1 saturated heterocycles. The average Bonchev–Trinajstić information content (AvgIpc) is 2.56. The quantitative estimate of drug-likeness (QED) is 0.745. The van der Waals surface area contributed by atoms with Crippen LogP contribution in [0.5, 0.6) is 5.75 Å². The largest absolute Gasteiger partial charge is 0.494 e. The molecule has 1 aliphatic rings. The molecule has 0 radical (unpaired) electrons. The van der Waals surface area contributed by atoms with Gasteiger partial charge in [-0.1, -0.05) is 0 Å². The van der Waals surface area contributed by atoms with E-state index in [0.717, 1.165) is 0 Å². The molecule has 0 bridgehead atoms. The molecule has 0 N–H and O–H groups in total. The normalized spacial score (nSPS) is 19.0. The summed E-state index contributed by atoms with van der Waals surface area (Å²) >= 11 is 0. The predicted octanol–water partition coefficient (Wildman–Crippen LogP) is 1.86. The monoisotopic (exact) mass is 329 g/mol. The van der Waals surface area contributed by atoms with Crippen LogP contribution < -0.4 is 4.74 Å². The van der Waals surface area contributed by atoms with Crippen LogP contribution in [0.4, 0.5) is 0 Å². The van der Waals surface area contributed by atoms with Gasteiger partial charge in [0.2, 0.25) is 10.0 Å². The van der Waals surface area contributed by atoms with Gasteiger partial charge >= 0.3 is 0 Å². The molecule has 1 fully saturated rings. The Morgan fingerprint density at radius 3 is 2.09 bits per heavy atom. The maximum Gasteiger partial charge on any atom is 0.243 e.